The zero-order valence-corrected chi connectivity index (χ0v) is 14.5. The number of hydrogen-bond acceptors (Lipinski definition) is 3. The maximum absolute atomic E-state index is 13.0. The standard InChI is InChI=1S/C21H20N2O3/c1-26-18-11-12-23-19(18)20(24)22-17-10-9-15(13-16(17)21(23)25)8-7-14-5-3-2-4-6-14/h2-10,13,18-19H,11-12H2,1H3,(H,22,24). The number of amides is 2. The first-order valence-corrected chi connectivity index (χ1v) is 8.69. The summed E-state index contributed by atoms with van der Waals surface area (Å²) >= 11 is 0. The van der Waals surface area contributed by atoms with Gasteiger partial charge in [-0.3, -0.25) is 9.59 Å². The van der Waals surface area contributed by atoms with Gasteiger partial charge in [-0.25, -0.2) is 0 Å². The number of rotatable bonds is 3. The van der Waals surface area contributed by atoms with Crippen molar-refractivity contribution in [2.45, 2.75) is 18.6 Å². The Hall–Kier alpha value is -2.92. The van der Waals surface area contributed by atoms with Crippen LogP contribution in [0.1, 0.15) is 27.9 Å². The Bertz CT molecular complexity index is 876. The molecule has 4 rings (SSSR count). The number of hydrogen-bond donors (Lipinski definition) is 1. The lowest BCUT2D eigenvalue weighted by Gasteiger charge is -2.23. The van der Waals surface area contributed by atoms with Gasteiger partial charge in [0.05, 0.1) is 17.4 Å². The Morgan fingerprint density at radius 2 is 1.85 bits per heavy atom. The predicted molar refractivity (Wildman–Crippen MR) is 101 cm³/mol. The molecule has 2 unspecified atom stereocenters. The van der Waals surface area contributed by atoms with E-state index < -0.39 is 6.04 Å². The fraction of sp³-hybridized carbons (Fsp3) is 0.238. The van der Waals surface area contributed by atoms with Crippen LogP contribution in [0.3, 0.4) is 0 Å². The van der Waals surface area contributed by atoms with Gasteiger partial charge in [-0.05, 0) is 29.7 Å². The van der Waals surface area contributed by atoms with Crippen molar-refractivity contribution in [2.24, 2.45) is 0 Å². The summed E-state index contributed by atoms with van der Waals surface area (Å²) in [6, 6.07) is 14.9. The van der Waals surface area contributed by atoms with Gasteiger partial charge in [0.15, 0.2) is 0 Å². The molecule has 0 bridgehead atoms. The lowest BCUT2D eigenvalue weighted by Crippen LogP contribution is -2.46. The third kappa shape index (κ3) is 2.91. The highest BCUT2D eigenvalue weighted by molar-refractivity contribution is 6.10. The minimum absolute atomic E-state index is 0.127. The van der Waals surface area contributed by atoms with E-state index in [0.29, 0.717) is 24.2 Å². The van der Waals surface area contributed by atoms with Gasteiger partial charge < -0.3 is 15.0 Å². The molecular weight excluding hydrogens is 328 g/mol. The van der Waals surface area contributed by atoms with Gasteiger partial charge in [-0.1, -0.05) is 48.6 Å². The van der Waals surface area contributed by atoms with Crippen LogP contribution in [0.25, 0.3) is 12.2 Å². The second kappa shape index (κ2) is 6.77. The van der Waals surface area contributed by atoms with E-state index in [9.17, 15) is 9.59 Å². The number of benzene rings is 2. The fourth-order valence-electron chi connectivity index (χ4n) is 3.62. The highest BCUT2D eigenvalue weighted by Crippen LogP contribution is 2.31. The largest absolute Gasteiger partial charge is 0.379 e. The monoisotopic (exact) mass is 348 g/mol. The van der Waals surface area contributed by atoms with E-state index in [1.165, 1.54) is 0 Å². The van der Waals surface area contributed by atoms with Crippen LogP contribution >= 0.6 is 0 Å². The van der Waals surface area contributed by atoms with Gasteiger partial charge in [0, 0.05) is 13.7 Å². The van der Waals surface area contributed by atoms with Crippen LogP contribution in [0.2, 0.25) is 0 Å². The predicted octanol–water partition coefficient (Wildman–Crippen LogP) is 3.04. The molecule has 2 heterocycles. The van der Waals surface area contributed by atoms with E-state index in [-0.39, 0.29) is 17.9 Å². The van der Waals surface area contributed by atoms with Crippen molar-refractivity contribution in [3.05, 3.63) is 65.2 Å². The first-order chi connectivity index (χ1) is 12.7. The van der Waals surface area contributed by atoms with Crippen molar-refractivity contribution in [3.8, 4) is 0 Å². The number of nitrogens with one attached hydrogen (secondary N) is 1. The molecule has 0 aliphatic carbocycles. The average Bonchev–Trinajstić information content (AvgIpc) is 3.07. The molecule has 5 heteroatoms. The van der Waals surface area contributed by atoms with E-state index in [0.717, 1.165) is 11.1 Å². The maximum Gasteiger partial charge on any atom is 0.256 e. The SMILES string of the molecule is COC1CCN2C(=O)c3cc(C=Cc4ccccc4)ccc3NC(=O)C12. The number of carbonyl (C=O) groups is 2. The molecular formula is C21H20N2O3. The fourth-order valence-corrected chi connectivity index (χ4v) is 3.62. The lowest BCUT2D eigenvalue weighted by molar-refractivity contribution is -0.122. The summed E-state index contributed by atoms with van der Waals surface area (Å²) < 4.78 is 5.40. The van der Waals surface area contributed by atoms with Crippen molar-refractivity contribution >= 4 is 29.7 Å². The van der Waals surface area contributed by atoms with Gasteiger partial charge in [-0.2, -0.15) is 0 Å². The number of nitrogens with zero attached hydrogens (tertiary/aromatic N) is 1. The number of ether oxygens (including phenoxy) is 1. The van der Waals surface area contributed by atoms with Crippen molar-refractivity contribution in [3.63, 3.8) is 0 Å². The van der Waals surface area contributed by atoms with Crippen LogP contribution in [0.4, 0.5) is 5.69 Å². The summed E-state index contributed by atoms with van der Waals surface area (Å²) in [6.07, 6.45) is 4.38. The van der Waals surface area contributed by atoms with E-state index in [4.69, 9.17) is 4.74 Å². The molecule has 5 nitrogen and oxygen atoms in total. The second-order valence-electron chi connectivity index (χ2n) is 6.54. The first-order valence-electron chi connectivity index (χ1n) is 8.69. The molecule has 2 aromatic rings. The first kappa shape index (κ1) is 16.5. The van der Waals surface area contributed by atoms with Crippen LogP contribution in [0.5, 0.6) is 0 Å². The number of methoxy groups -OCH3 is 1. The molecule has 26 heavy (non-hydrogen) atoms. The zero-order valence-electron chi connectivity index (χ0n) is 14.5. The minimum Gasteiger partial charge on any atom is -0.379 e. The number of anilines is 1. The lowest BCUT2D eigenvalue weighted by atomic mass is 10.1. The van der Waals surface area contributed by atoms with Crippen LogP contribution in [-0.4, -0.2) is 42.5 Å². The summed E-state index contributed by atoms with van der Waals surface area (Å²) in [5.41, 5.74) is 3.08. The molecule has 0 saturated carbocycles. The van der Waals surface area contributed by atoms with Crippen LogP contribution in [0, 0.1) is 0 Å². The molecule has 2 aromatic carbocycles. The van der Waals surface area contributed by atoms with Gasteiger partial charge in [-0.15, -0.1) is 0 Å². The molecule has 1 fully saturated rings. The van der Waals surface area contributed by atoms with Crippen molar-refractivity contribution in [2.75, 3.05) is 19.0 Å². The third-order valence-corrected chi connectivity index (χ3v) is 4.97. The molecule has 2 atom stereocenters. The maximum atomic E-state index is 13.0. The Balaban J connectivity index is 1.66. The molecule has 1 saturated heterocycles. The normalized spacial score (nSPS) is 22.1. The molecule has 2 amide bonds. The number of fused-ring (bicyclic) bond motifs is 2. The van der Waals surface area contributed by atoms with Gasteiger partial charge in [0.25, 0.3) is 5.91 Å². The molecule has 0 spiro atoms. The molecule has 2 aliphatic heterocycles. The highest BCUT2D eigenvalue weighted by Gasteiger charge is 2.44. The third-order valence-electron chi connectivity index (χ3n) is 4.97. The summed E-state index contributed by atoms with van der Waals surface area (Å²) in [7, 11) is 1.58. The van der Waals surface area contributed by atoms with Gasteiger partial charge in [0.1, 0.15) is 6.04 Å². The van der Waals surface area contributed by atoms with Crippen LogP contribution < -0.4 is 5.32 Å². The summed E-state index contributed by atoms with van der Waals surface area (Å²) in [6.45, 7) is 0.527. The van der Waals surface area contributed by atoms with Gasteiger partial charge in [0.2, 0.25) is 5.91 Å². The van der Waals surface area contributed by atoms with E-state index >= 15 is 0 Å². The number of carbonyl (C=O) groups excluding carboxylic acids is 2. The Morgan fingerprint density at radius 1 is 1.08 bits per heavy atom. The van der Waals surface area contributed by atoms with Crippen molar-refractivity contribution in [1.29, 1.82) is 0 Å². The summed E-state index contributed by atoms with van der Waals surface area (Å²) in [5.74, 6) is -0.313. The van der Waals surface area contributed by atoms with Crippen molar-refractivity contribution < 1.29 is 14.3 Å². The molecule has 1 N–H and O–H groups in total. The summed E-state index contributed by atoms with van der Waals surface area (Å²) in [4.78, 5) is 27.2. The van der Waals surface area contributed by atoms with E-state index in [2.05, 4.69) is 5.32 Å². The highest BCUT2D eigenvalue weighted by atomic mass is 16.5. The van der Waals surface area contributed by atoms with Gasteiger partial charge >= 0.3 is 0 Å². The van der Waals surface area contributed by atoms with E-state index in [1.807, 2.05) is 54.6 Å². The Kier molecular flexibility index (Phi) is 4.31. The topological polar surface area (TPSA) is 58.6 Å². The minimum atomic E-state index is -0.566. The molecule has 132 valence electrons. The van der Waals surface area contributed by atoms with Crippen molar-refractivity contribution in [1.82, 2.24) is 4.90 Å². The second-order valence-corrected chi connectivity index (χ2v) is 6.54. The molecule has 2 aliphatic rings. The Labute approximate surface area is 152 Å². The average molecular weight is 348 g/mol. The molecule has 0 aromatic heterocycles. The Morgan fingerprint density at radius 3 is 2.62 bits per heavy atom. The van der Waals surface area contributed by atoms with Crippen LogP contribution in [0.15, 0.2) is 48.5 Å². The summed E-state index contributed by atoms with van der Waals surface area (Å²) in [5, 5.41) is 2.88. The smallest absolute Gasteiger partial charge is 0.256 e. The zero-order chi connectivity index (χ0) is 18.1. The molecule has 0 radical (unpaired) electrons. The van der Waals surface area contributed by atoms with Crippen LogP contribution in [-0.2, 0) is 9.53 Å². The van der Waals surface area contributed by atoms with E-state index in [1.54, 1.807) is 18.1 Å². The quantitative estimate of drug-likeness (QED) is 0.868.